The quantitative estimate of drug-likeness (QED) is 0.264. The van der Waals surface area contributed by atoms with E-state index < -0.39 is 0 Å². The number of carbonyl (C=O) groups is 2. The standard InChI is InChI=1S/C30H30N2O4S2/c1-17-7-9-23(19(3)11-17)32-29(34)26(38-30(32)37)15-22-8-10-24(25(14-22)35-6)36-16-27(33)31-28-20(4)12-18(2)13-21(28)5/h7-15H,16H2,1-6H3,(H,31,33)/b26-15-. The van der Waals surface area contributed by atoms with Crippen molar-refractivity contribution in [1.29, 1.82) is 0 Å². The van der Waals surface area contributed by atoms with Crippen LogP contribution in [-0.4, -0.2) is 29.9 Å². The zero-order valence-electron chi connectivity index (χ0n) is 22.3. The summed E-state index contributed by atoms with van der Waals surface area (Å²) in [7, 11) is 1.53. The summed E-state index contributed by atoms with van der Waals surface area (Å²) in [6.45, 7) is 9.77. The molecule has 8 heteroatoms. The van der Waals surface area contributed by atoms with Crippen LogP contribution in [0.3, 0.4) is 0 Å². The van der Waals surface area contributed by atoms with Crippen LogP contribution < -0.4 is 19.7 Å². The normalized spacial score (nSPS) is 14.3. The number of aryl methyl sites for hydroxylation is 5. The van der Waals surface area contributed by atoms with Crippen molar-refractivity contribution in [2.24, 2.45) is 0 Å². The number of nitrogens with zero attached hydrogens (tertiary/aromatic N) is 1. The molecule has 3 aromatic carbocycles. The van der Waals surface area contributed by atoms with E-state index in [1.165, 1.54) is 18.9 Å². The number of thiocarbonyl (C=S) groups is 1. The number of rotatable bonds is 7. The third kappa shape index (κ3) is 5.92. The molecule has 38 heavy (non-hydrogen) atoms. The van der Waals surface area contributed by atoms with E-state index in [9.17, 15) is 9.59 Å². The highest BCUT2D eigenvalue weighted by atomic mass is 32.2. The monoisotopic (exact) mass is 546 g/mol. The third-order valence-corrected chi connectivity index (χ3v) is 7.47. The first kappa shape index (κ1) is 27.4. The number of ether oxygens (including phenoxy) is 2. The van der Waals surface area contributed by atoms with E-state index in [1.807, 2.05) is 71.0 Å². The van der Waals surface area contributed by atoms with Crippen molar-refractivity contribution < 1.29 is 19.1 Å². The van der Waals surface area contributed by atoms with Crippen LogP contribution in [0.5, 0.6) is 11.5 Å². The molecule has 0 aliphatic carbocycles. The lowest BCUT2D eigenvalue weighted by Gasteiger charge is -2.17. The minimum Gasteiger partial charge on any atom is -0.493 e. The molecular weight excluding hydrogens is 516 g/mol. The summed E-state index contributed by atoms with van der Waals surface area (Å²) in [5, 5.41) is 2.94. The SMILES string of the molecule is COc1cc(/C=C2\SC(=S)N(c3ccc(C)cc3C)C2=O)ccc1OCC(=O)Nc1c(C)cc(C)cc1C. The van der Waals surface area contributed by atoms with E-state index in [-0.39, 0.29) is 18.4 Å². The zero-order valence-corrected chi connectivity index (χ0v) is 23.9. The Morgan fingerprint density at radius 1 is 0.947 bits per heavy atom. The number of hydrogen-bond acceptors (Lipinski definition) is 6. The molecule has 0 radical (unpaired) electrons. The Balaban J connectivity index is 1.47. The first-order chi connectivity index (χ1) is 18.1. The Kier molecular flexibility index (Phi) is 8.23. The maximum atomic E-state index is 13.2. The van der Waals surface area contributed by atoms with Crippen LogP contribution in [0.25, 0.3) is 6.08 Å². The number of thioether (sulfide) groups is 1. The number of benzene rings is 3. The summed E-state index contributed by atoms with van der Waals surface area (Å²) in [6, 6.07) is 15.3. The molecule has 1 aliphatic rings. The molecule has 0 unspecified atom stereocenters. The minimum absolute atomic E-state index is 0.162. The van der Waals surface area contributed by atoms with Gasteiger partial charge >= 0.3 is 0 Å². The molecule has 0 atom stereocenters. The second kappa shape index (κ2) is 11.4. The topological polar surface area (TPSA) is 67.9 Å². The van der Waals surface area contributed by atoms with E-state index >= 15 is 0 Å². The van der Waals surface area contributed by atoms with E-state index in [0.29, 0.717) is 20.7 Å². The Hall–Kier alpha value is -3.62. The first-order valence-electron chi connectivity index (χ1n) is 12.1. The smallest absolute Gasteiger partial charge is 0.270 e. The van der Waals surface area contributed by atoms with Gasteiger partial charge in [0.05, 0.1) is 17.7 Å². The maximum Gasteiger partial charge on any atom is 0.270 e. The second-order valence-electron chi connectivity index (χ2n) is 9.33. The van der Waals surface area contributed by atoms with Crippen molar-refractivity contribution in [2.75, 3.05) is 23.9 Å². The predicted molar refractivity (Wildman–Crippen MR) is 159 cm³/mol. The van der Waals surface area contributed by atoms with E-state index in [4.69, 9.17) is 21.7 Å². The average molecular weight is 547 g/mol. The fourth-order valence-electron chi connectivity index (χ4n) is 4.47. The van der Waals surface area contributed by atoms with Crippen molar-refractivity contribution in [3.63, 3.8) is 0 Å². The van der Waals surface area contributed by atoms with Gasteiger partial charge < -0.3 is 14.8 Å². The molecule has 0 spiro atoms. The van der Waals surface area contributed by atoms with Crippen LogP contribution in [0, 0.1) is 34.6 Å². The summed E-state index contributed by atoms with van der Waals surface area (Å²) >= 11 is 6.79. The number of nitrogens with one attached hydrogen (secondary N) is 1. The molecule has 3 aromatic rings. The van der Waals surface area contributed by atoms with Gasteiger partial charge in [-0.2, -0.15) is 0 Å². The summed E-state index contributed by atoms with van der Waals surface area (Å²) in [4.78, 5) is 27.9. The molecule has 0 saturated carbocycles. The molecule has 2 amide bonds. The molecule has 1 N–H and O–H groups in total. The molecule has 1 fully saturated rings. The van der Waals surface area contributed by atoms with Gasteiger partial charge in [0.15, 0.2) is 22.4 Å². The molecule has 1 aliphatic heterocycles. The van der Waals surface area contributed by atoms with Gasteiger partial charge in [0.1, 0.15) is 0 Å². The number of hydrogen-bond donors (Lipinski definition) is 1. The lowest BCUT2D eigenvalue weighted by Crippen LogP contribution is -2.28. The highest BCUT2D eigenvalue weighted by molar-refractivity contribution is 8.27. The van der Waals surface area contributed by atoms with Gasteiger partial charge in [-0.15, -0.1) is 0 Å². The maximum absolute atomic E-state index is 13.2. The van der Waals surface area contributed by atoms with Crippen LogP contribution in [0.4, 0.5) is 11.4 Å². The lowest BCUT2D eigenvalue weighted by molar-refractivity contribution is -0.118. The van der Waals surface area contributed by atoms with Gasteiger partial charge in [-0.05, 0) is 81.1 Å². The van der Waals surface area contributed by atoms with E-state index in [1.54, 1.807) is 23.1 Å². The van der Waals surface area contributed by atoms with Crippen molar-refractivity contribution in [2.45, 2.75) is 34.6 Å². The molecule has 1 saturated heterocycles. The van der Waals surface area contributed by atoms with Gasteiger partial charge in [0.25, 0.3) is 11.8 Å². The highest BCUT2D eigenvalue weighted by Crippen LogP contribution is 2.38. The molecule has 6 nitrogen and oxygen atoms in total. The fourth-order valence-corrected chi connectivity index (χ4v) is 5.76. The summed E-state index contributed by atoms with van der Waals surface area (Å²) in [6.07, 6.45) is 1.78. The Labute approximate surface area is 233 Å². The first-order valence-corrected chi connectivity index (χ1v) is 13.3. The second-order valence-corrected chi connectivity index (χ2v) is 11.0. The van der Waals surface area contributed by atoms with Gasteiger partial charge in [-0.25, -0.2) is 0 Å². The van der Waals surface area contributed by atoms with Crippen molar-refractivity contribution in [1.82, 2.24) is 0 Å². The van der Waals surface area contributed by atoms with Crippen LogP contribution in [0.1, 0.15) is 33.4 Å². The number of methoxy groups -OCH3 is 1. The van der Waals surface area contributed by atoms with Crippen LogP contribution in [0.2, 0.25) is 0 Å². The zero-order chi connectivity index (χ0) is 27.6. The van der Waals surface area contributed by atoms with Gasteiger partial charge in [0, 0.05) is 5.69 Å². The van der Waals surface area contributed by atoms with E-state index in [0.717, 1.165) is 44.8 Å². The highest BCUT2D eigenvalue weighted by Gasteiger charge is 2.34. The molecule has 0 aromatic heterocycles. The third-order valence-electron chi connectivity index (χ3n) is 6.17. The van der Waals surface area contributed by atoms with E-state index in [2.05, 4.69) is 5.32 Å². The molecular formula is C30H30N2O4S2. The van der Waals surface area contributed by atoms with Crippen LogP contribution in [-0.2, 0) is 9.59 Å². The fraction of sp³-hybridized carbons (Fsp3) is 0.233. The average Bonchev–Trinajstić information content (AvgIpc) is 3.13. The Bertz CT molecular complexity index is 1460. The summed E-state index contributed by atoms with van der Waals surface area (Å²) in [5.74, 6) is 0.463. The van der Waals surface area contributed by atoms with Crippen molar-refractivity contribution in [3.8, 4) is 11.5 Å². The largest absolute Gasteiger partial charge is 0.493 e. The molecule has 0 bridgehead atoms. The van der Waals surface area contributed by atoms with Gasteiger partial charge in [-0.1, -0.05) is 65.4 Å². The van der Waals surface area contributed by atoms with Crippen molar-refractivity contribution in [3.05, 3.63) is 86.8 Å². The van der Waals surface area contributed by atoms with Crippen LogP contribution in [0.15, 0.2) is 53.4 Å². The van der Waals surface area contributed by atoms with Gasteiger partial charge in [-0.3, -0.25) is 14.5 Å². The van der Waals surface area contributed by atoms with Crippen molar-refractivity contribution >= 4 is 57.6 Å². The minimum atomic E-state index is -0.263. The summed E-state index contributed by atoms with van der Waals surface area (Å²) < 4.78 is 11.8. The Morgan fingerprint density at radius 3 is 2.29 bits per heavy atom. The molecule has 1 heterocycles. The molecule has 196 valence electrons. The predicted octanol–water partition coefficient (Wildman–Crippen LogP) is 6.66. The Morgan fingerprint density at radius 2 is 1.63 bits per heavy atom. The lowest BCUT2D eigenvalue weighted by atomic mass is 10.1. The summed E-state index contributed by atoms with van der Waals surface area (Å²) in [5.41, 5.74) is 7.60. The number of amides is 2. The number of anilines is 2. The van der Waals surface area contributed by atoms with Gasteiger partial charge in [0.2, 0.25) is 0 Å². The molecule has 4 rings (SSSR count). The van der Waals surface area contributed by atoms with Crippen LogP contribution >= 0.6 is 24.0 Å². The number of carbonyl (C=O) groups excluding carboxylic acids is 2.